The van der Waals surface area contributed by atoms with Crippen molar-refractivity contribution < 1.29 is 9.84 Å². The number of rotatable bonds is 6. The first-order valence-corrected chi connectivity index (χ1v) is 5.87. The molecule has 0 spiro atoms. The molecule has 0 aliphatic rings. The Labute approximate surface area is 94.3 Å². The summed E-state index contributed by atoms with van der Waals surface area (Å²) >= 11 is 1.54. The lowest BCUT2D eigenvalue weighted by Gasteiger charge is -2.06. The van der Waals surface area contributed by atoms with E-state index in [1.807, 2.05) is 20.9 Å². The summed E-state index contributed by atoms with van der Waals surface area (Å²) in [5.74, 6) is 0. The molecule has 2 N–H and O–H groups in total. The predicted octanol–water partition coefficient (Wildman–Crippen LogP) is 1.24. The van der Waals surface area contributed by atoms with Gasteiger partial charge in [0.2, 0.25) is 0 Å². The van der Waals surface area contributed by atoms with Gasteiger partial charge in [0.1, 0.15) is 11.1 Å². The molecule has 1 unspecified atom stereocenters. The number of nitrogens with zero attached hydrogens (tertiary/aromatic N) is 1. The van der Waals surface area contributed by atoms with E-state index in [0.29, 0.717) is 13.2 Å². The van der Waals surface area contributed by atoms with Crippen molar-refractivity contribution in [3.05, 3.63) is 15.6 Å². The van der Waals surface area contributed by atoms with Gasteiger partial charge in [0.25, 0.3) is 0 Å². The lowest BCUT2D eigenvalue weighted by Crippen LogP contribution is -2.06. The van der Waals surface area contributed by atoms with Gasteiger partial charge in [0.15, 0.2) is 0 Å². The normalized spacial score (nSPS) is 13.1. The number of hydrogen-bond acceptors (Lipinski definition) is 5. The van der Waals surface area contributed by atoms with E-state index in [4.69, 9.17) is 4.74 Å². The molecule has 0 aliphatic heterocycles. The Bertz CT molecular complexity index is 302. The van der Waals surface area contributed by atoms with Crippen molar-refractivity contribution in [1.82, 2.24) is 10.3 Å². The molecule has 1 aromatic heterocycles. The smallest absolute Gasteiger partial charge is 0.129 e. The largest absolute Gasteiger partial charge is 0.383 e. The number of ether oxygens (including phenoxy) is 1. The average molecular weight is 230 g/mol. The molecule has 1 atom stereocenters. The van der Waals surface area contributed by atoms with E-state index in [1.165, 1.54) is 16.2 Å². The van der Waals surface area contributed by atoms with Crippen molar-refractivity contribution in [1.29, 1.82) is 0 Å². The zero-order valence-electron chi connectivity index (χ0n) is 9.41. The first-order valence-electron chi connectivity index (χ1n) is 5.05. The summed E-state index contributed by atoms with van der Waals surface area (Å²) < 4.78 is 5.16. The molecule has 86 valence electrons. The van der Waals surface area contributed by atoms with Crippen LogP contribution in [-0.2, 0) is 11.3 Å². The molecule has 1 aromatic rings. The highest BCUT2D eigenvalue weighted by molar-refractivity contribution is 7.11. The van der Waals surface area contributed by atoms with Gasteiger partial charge in [-0.1, -0.05) is 0 Å². The standard InChI is InChI=1S/C10H18N2O2S/c1-4-14-6-8(13)10-12-7(2)9(15-10)5-11-3/h8,11,13H,4-6H2,1-3H3. The fourth-order valence-electron chi connectivity index (χ4n) is 1.22. The molecule has 0 saturated carbocycles. The number of hydrogen-bond donors (Lipinski definition) is 2. The van der Waals surface area contributed by atoms with E-state index < -0.39 is 6.10 Å². The molecule has 0 bridgehead atoms. The van der Waals surface area contributed by atoms with E-state index in [9.17, 15) is 5.11 Å². The maximum absolute atomic E-state index is 9.76. The van der Waals surface area contributed by atoms with E-state index in [1.54, 1.807) is 0 Å². The van der Waals surface area contributed by atoms with Gasteiger partial charge in [0.05, 0.1) is 12.3 Å². The van der Waals surface area contributed by atoms with Crippen LogP contribution < -0.4 is 5.32 Å². The van der Waals surface area contributed by atoms with Crippen LogP contribution in [0.1, 0.15) is 28.6 Å². The Morgan fingerprint density at radius 2 is 2.33 bits per heavy atom. The fourth-order valence-corrected chi connectivity index (χ4v) is 2.27. The van der Waals surface area contributed by atoms with Crippen molar-refractivity contribution in [2.45, 2.75) is 26.5 Å². The van der Waals surface area contributed by atoms with Crippen molar-refractivity contribution in [2.24, 2.45) is 0 Å². The second-order valence-electron chi connectivity index (χ2n) is 3.27. The van der Waals surface area contributed by atoms with Gasteiger partial charge < -0.3 is 15.2 Å². The van der Waals surface area contributed by atoms with Crippen LogP contribution >= 0.6 is 11.3 Å². The highest BCUT2D eigenvalue weighted by Gasteiger charge is 2.14. The van der Waals surface area contributed by atoms with Gasteiger partial charge in [-0.3, -0.25) is 0 Å². The zero-order chi connectivity index (χ0) is 11.3. The quantitative estimate of drug-likeness (QED) is 0.772. The SMILES string of the molecule is CCOCC(O)c1nc(C)c(CNC)s1. The highest BCUT2D eigenvalue weighted by Crippen LogP contribution is 2.23. The van der Waals surface area contributed by atoms with Gasteiger partial charge in [-0.2, -0.15) is 0 Å². The Morgan fingerprint density at radius 3 is 2.93 bits per heavy atom. The monoisotopic (exact) mass is 230 g/mol. The van der Waals surface area contributed by atoms with Gasteiger partial charge in [-0.05, 0) is 20.9 Å². The summed E-state index contributed by atoms with van der Waals surface area (Å²) in [5.41, 5.74) is 0.986. The number of aliphatic hydroxyl groups excluding tert-OH is 1. The van der Waals surface area contributed by atoms with Gasteiger partial charge >= 0.3 is 0 Å². The predicted molar refractivity (Wildman–Crippen MR) is 61.1 cm³/mol. The molecule has 5 heteroatoms. The summed E-state index contributed by atoms with van der Waals surface area (Å²) in [4.78, 5) is 5.50. The number of nitrogens with one attached hydrogen (secondary N) is 1. The van der Waals surface area contributed by atoms with Crippen LogP contribution in [0.4, 0.5) is 0 Å². The second kappa shape index (κ2) is 6.17. The van der Waals surface area contributed by atoms with Crippen LogP contribution in [-0.4, -0.2) is 30.4 Å². The maximum Gasteiger partial charge on any atom is 0.129 e. The summed E-state index contributed by atoms with van der Waals surface area (Å²) in [5, 5.41) is 13.6. The summed E-state index contributed by atoms with van der Waals surface area (Å²) in [6.45, 7) is 5.60. The molecule has 1 heterocycles. The third-order valence-electron chi connectivity index (χ3n) is 2.01. The van der Waals surface area contributed by atoms with E-state index >= 15 is 0 Å². The van der Waals surface area contributed by atoms with Crippen molar-refractivity contribution in [3.63, 3.8) is 0 Å². The zero-order valence-corrected chi connectivity index (χ0v) is 10.2. The molecule has 1 rings (SSSR count). The Hall–Kier alpha value is -0.490. The topological polar surface area (TPSA) is 54.4 Å². The number of aromatic nitrogens is 1. The first-order chi connectivity index (χ1) is 7.19. The third-order valence-corrected chi connectivity index (χ3v) is 3.27. The van der Waals surface area contributed by atoms with Gasteiger partial charge in [0, 0.05) is 18.0 Å². The van der Waals surface area contributed by atoms with Gasteiger partial charge in [-0.15, -0.1) is 11.3 Å². The van der Waals surface area contributed by atoms with E-state index in [0.717, 1.165) is 17.2 Å². The summed E-state index contributed by atoms with van der Waals surface area (Å²) in [6.07, 6.45) is -0.598. The molecule has 15 heavy (non-hydrogen) atoms. The molecular weight excluding hydrogens is 212 g/mol. The lowest BCUT2D eigenvalue weighted by molar-refractivity contribution is 0.0418. The molecular formula is C10H18N2O2S. The number of aryl methyl sites for hydroxylation is 1. The van der Waals surface area contributed by atoms with Crippen LogP contribution in [0, 0.1) is 6.92 Å². The summed E-state index contributed by atoms with van der Waals surface area (Å²) in [6, 6.07) is 0. The minimum Gasteiger partial charge on any atom is -0.383 e. The summed E-state index contributed by atoms with van der Waals surface area (Å²) in [7, 11) is 1.90. The molecule has 0 aromatic carbocycles. The highest BCUT2D eigenvalue weighted by atomic mass is 32.1. The van der Waals surface area contributed by atoms with Crippen LogP contribution in [0.15, 0.2) is 0 Å². The third kappa shape index (κ3) is 3.53. The number of thiazole rings is 1. The first kappa shape index (κ1) is 12.6. The minimum absolute atomic E-state index is 0.322. The van der Waals surface area contributed by atoms with Crippen molar-refractivity contribution in [2.75, 3.05) is 20.3 Å². The second-order valence-corrected chi connectivity index (χ2v) is 4.38. The molecule has 0 aliphatic carbocycles. The minimum atomic E-state index is -0.598. The Kier molecular flexibility index (Phi) is 5.17. The van der Waals surface area contributed by atoms with Crippen LogP contribution in [0.3, 0.4) is 0 Å². The molecule has 4 nitrogen and oxygen atoms in total. The van der Waals surface area contributed by atoms with Crippen molar-refractivity contribution >= 4 is 11.3 Å². The fraction of sp³-hybridized carbons (Fsp3) is 0.700. The lowest BCUT2D eigenvalue weighted by atomic mass is 10.3. The van der Waals surface area contributed by atoms with Crippen LogP contribution in [0.5, 0.6) is 0 Å². The molecule has 0 amide bonds. The molecule has 0 fully saturated rings. The molecule has 0 saturated heterocycles. The Morgan fingerprint density at radius 1 is 1.60 bits per heavy atom. The van der Waals surface area contributed by atoms with Gasteiger partial charge in [-0.25, -0.2) is 4.98 Å². The van der Waals surface area contributed by atoms with Crippen molar-refractivity contribution in [3.8, 4) is 0 Å². The Balaban J connectivity index is 2.64. The maximum atomic E-state index is 9.76. The van der Waals surface area contributed by atoms with Crippen LogP contribution in [0.2, 0.25) is 0 Å². The average Bonchev–Trinajstić information content (AvgIpc) is 2.58. The molecule has 0 radical (unpaired) electrons. The van der Waals surface area contributed by atoms with Crippen LogP contribution in [0.25, 0.3) is 0 Å². The number of aliphatic hydroxyl groups is 1. The van der Waals surface area contributed by atoms with E-state index in [2.05, 4.69) is 10.3 Å². The van der Waals surface area contributed by atoms with E-state index in [-0.39, 0.29) is 0 Å².